The van der Waals surface area contributed by atoms with Crippen molar-refractivity contribution in [3.05, 3.63) is 36.5 Å². The van der Waals surface area contributed by atoms with Gasteiger partial charge in [-0.3, -0.25) is 18.6 Å². The first kappa shape index (κ1) is 77.2. The van der Waals surface area contributed by atoms with Crippen molar-refractivity contribution in [1.29, 1.82) is 0 Å². The fourth-order valence-corrected chi connectivity index (χ4v) is 11.0. The molecule has 0 rings (SSSR count). The van der Waals surface area contributed by atoms with Crippen LogP contribution in [0, 0.1) is 0 Å². The Morgan fingerprint density at radius 3 is 1.16 bits per heavy atom. The average molecular weight is 1130 g/mol. The van der Waals surface area contributed by atoms with Gasteiger partial charge in [0, 0.05) is 12.8 Å². The lowest BCUT2D eigenvalue weighted by Gasteiger charge is -2.27. The van der Waals surface area contributed by atoms with E-state index in [0.29, 0.717) is 23.9 Å². The highest BCUT2D eigenvalue weighted by molar-refractivity contribution is 7.47. The van der Waals surface area contributed by atoms with E-state index >= 15 is 0 Å². The number of ether oxygens (including phenoxy) is 1. The summed E-state index contributed by atoms with van der Waals surface area (Å²) < 4.78 is 30.8. The third kappa shape index (κ3) is 60.6. The van der Waals surface area contributed by atoms with Crippen molar-refractivity contribution in [2.45, 2.75) is 354 Å². The predicted molar refractivity (Wildman–Crippen MR) is 342 cm³/mol. The minimum absolute atomic E-state index is 0.0436. The molecule has 2 N–H and O–H groups in total. The van der Waals surface area contributed by atoms with Crippen LogP contribution in [0.2, 0.25) is 0 Å². The van der Waals surface area contributed by atoms with E-state index in [4.69, 9.17) is 13.8 Å². The fourth-order valence-electron chi connectivity index (χ4n) is 10.3. The molecule has 0 bridgehead atoms. The Hall–Kier alpha value is -1.77. The highest BCUT2D eigenvalue weighted by atomic mass is 31.2. The second-order valence-corrected chi connectivity index (χ2v) is 26.2. The molecule has 0 saturated heterocycles. The van der Waals surface area contributed by atoms with Gasteiger partial charge in [0.05, 0.1) is 33.8 Å². The lowest BCUT2D eigenvalue weighted by Crippen LogP contribution is -2.47. The standard InChI is InChI=1S/C69H133N2O7P/c1-7-10-13-16-19-22-25-28-30-31-32-33-34-35-36-37-38-39-41-44-47-50-53-56-59-62-69(73)78-67(60-57-54-51-48-45-42-27-24-21-18-15-12-9-3)66(65-77-79(74,75)76-64-63-71(4,5)6)70-68(72)61-58-55-52-49-46-43-40-29-26-23-20-17-14-11-8-2/h19,22,28,30,57,60,66-67H,7-18,20-21,23-27,29,31-56,58-59,61-65H2,1-6H3,(H-,70,72,74,75)/p+1/b22-19-,30-28-,60-57+. The minimum atomic E-state index is -4.45. The fraction of sp³-hybridized carbons (Fsp3) is 0.884. The molecule has 0 aliphatic heterocycles. The number of carbonyl (C=O) groups excluding carboxylic acids is 2. The van der Waals surface area contributed by atoms with E-state index in [0.717, 1.165) is 64.2 Å². The van der Waals surface area contributed by atoms with Gasteiger partial charge < -0.3 is 19.4 Å². The van der Waals surface area contributed by atoms with Crippen LogP contribution in [0.5, 0.6) is 0 Å². The van der Waals surface area contributed by atoms with Crippen LogP contribution in [0.3, 0.4) is 0 Å². The second-order valence-electron chi connectivity index (χ2n) is 24.7. The van der Waals surface area contributed by atoms with Crippen LogP contribution in [0.25, 0.3) is 0 Å². The first-order valence-electron chi connectivity index (χ1n) is 34.3. The summed E-state index contributed by atoms with van der Waals surface area (Å²) in [4.78, 5) is 37.8. The summed E-state index contributed by atoms with van der Waals surface area (Å²) in [5.74, 6) is -0.486. The zero-order valence-electron chi connectivity index (χ0n) is 53.4. The molecule has 0 aromatic carbocycles. The van der Waals surface area contributed by atoms with Crippen LogP contribution >= 0.6 is 7.82 Å². The van der Waals surface area contributed by atoms with E-state index in [1.807, 2.05) is 33.3 Å². The molecule has 3 unspecified atom stereocenters. The number of hydrogen-bond donors (Lipinski definition) is 2. The van der Waals surface area contributed by atoms with E-state index in [9.17, 15) is 19.0 Å². The smallest absolute Gasteiger partial charge is 0.456 e. The van der Waals surface area contributed by atoms with Gasteiger partial charge in [0.2, 0.25) is 5.91 Å². The van der Waals surface area contributed by atoms with Gasteiger partial charge >= 0.3 is 13.8 Å². The van der Waals surface area contributed by atoms with Crippen molar-refractivity contribution in [1.82, 2.24) is 5.32 Å². The van der Waals surface area contributed by atoms with Crippen LogP contribution in [0.4, 0.5) is 0 Å². The van der Waals surface area contributed by atoms with Crippen LogP contribution < -0.4 is 5.32 Å². The molecule has 0 saturated carbocycles. The van der Waals surface area contributed by atoms with Gasteiger partial charge in [-0.05, 0) is 63.9 Å². The largest absolute Gasteiger partial charge is 0.472 e. The van der Waals surface area contributed by atoms with E-state index in [-0.39, 0.29) is 25.1 Å². The summed E-state index contributed by atoms with van der Waals surface area (Å²) in [5, 5.41) is 3.07. The summed E-state index contributed by atoms with van der Waals surface area (Å²) in [7, 11) is 1.51. The first-order chi connectivity index (χ1) is 38.4. The maximum atomic E-state index is 13.6. The van der Waals surface area contributed by atoms with Crippen molar-refractivity contribution < 1.29 is 37.3 Å². The number of allylic oxidation sites excluding steroid dienone is 5. The van der Waals surface area contributed by atoms with Crippen molar-refractivity contribution in [2.24, 2.45) is 0 Å². The molecule has 0 fully saturated rings. The summed E-state index contributed by atoms with van der Waals surface area (Å²) >= 11 is 0. The van der Waals surface area contributed by atoms with E-state index in [2.05, 4.69) is 50.4 Å². The quantitative estimate of drug-likeness (QED) is 0.0205. The second kappa shape index (κ2) is 59.4. The summed E-state index contributed by atoms with van der Waals surface area (Å²) in [5.41, 5.74) is 0. The molecule has 466 valence electrons. The van der Waals surface area contributed by atoms with Gasteiger partial charge in [-0.2, -0.15) is 0 Å². The Bertz CT molecular complexity index is 1450. The van der Waals surface area contributed by atoms with Gasteiger partial charge in [-0.15, -0.1) is 0 Å². The molecular weight excluding hydrogens is 1000 g/mol. The first-order valence-corrected chi connectivity index (χ1v) is 35.8. The van der Waals surface area contributed by atoms with Gasteiger partial charge in [0.15, 0.2) is 0 Å². The number of phosphoric ester groups is 1. The monoisotopic (exact) mass is 1130 g/mol. The highest BCUT2D eigenvalue weighted by Gasteiger charge is 2.30. The van der Waals surface area contributed by atoms with E-state index in [1.165, 1.54) is 244 Å². The zero-order valence-corrected chi connectivity index (χ0v) is 54.3. The van der Waals surface area contributed by atoms with Crippen LogP contribution in [0.15, 0.2) is 36.5 Å². The topological polar surface area (TPSA) is 111 Å². The normalized spacial score (nSPS) is 13.8. The number of carbonyl (C=O) groups is 2. The van der Waals surface area contributed by atoms with Gasteiger partial charge in [0.25, 0.3) is 0 Å². The molecule has 3 atom stereocenters. The molecule has 0 aliphatic carbocycles. The van der Waals surface area contributed by atoms with E-state index < -0.39 is 20.0 Å². The Morgan fingerprint density at radius 1 is 0.443 bits per heavy atom. The third-order valence-electron chi connectivity index (χ3n) is 15.6. The number of nitrogens with zero attached hydrogens (tertiary/aromatic N) is 1. The molecule has 0 spiro atoms. The number of unbranched alkanes of at least 4 members (excludes halogenated alkanes) is 43. The number of amides is 1. The molecule has 0 radical (unpaired) electrons. The predicted octanol–water partition coefficient (Wildman–Crippen LogP) is 21.5. The molecular formula is C69H134N2O7P+. The van der Waals surface area contributed by atoms with Crippen molar-refractivity contribution in [3.63, 3.8) is 0 Å². The summed E-state index contributed by atoms with van der Waals surface area (Å²) in [6.45, 7) is 7.04. The van der Waals surface area contributed by atoms with Crippen molar-refractivity contribution in [3.8, 4) is 0 Å². The maximum absolute atomic E-state index is 13.6. The van der Waals surface area contributed by atoms with Gasteiger partial charge in [0.1, 0.15) is 19.3 Å². The number of hydrogen-bond acceptors (Lipinski definition) is 6. The number of phosphoric acid groups is 1. The van der Waals surface area contributed by atoms with E-state index in [1.54, 1.807) is 0 Å². The number of quaternary nitrogens is 1. The number of nitrogens with one attached hydrogen (secondary N) is 1. The van der Waals surface area contributed by atoms with Crippen molar-refractivity contribution in [2.75, 3.05) is 40.9 Å². The lowest BCUT2D eigenvalue weighted by molar-refractivity contribution is -0.870. The summed E-state index contributed by atoms with van der Waals surface area (Å²) in [6, 6.07) is -0.843. The van der Waals surface area contributed by atoms with Crippen LogP contribution in [0.1, 0.15) is 342 Å². The molecule has 0 heterocycles. The SMILES string of the molecule is CCCCC/C=C\C/C=C\CCCCCCCCCCCCCCCCCC(=O)OC(/C=C/CCCCCCCCCCCCC)C(COP(=O)(O)OCC[N+](C)(C)C)NC(=O)CCCCCCCCCCCCCCCCC. The molecule has 0 aliphatic rings. The highest BCUT2D eigenvalue weighted by Crippen LogP contribution is 2.43. The van der Waals surface area contributed by atoms with Gasteiger partial charge in [-0.25, -0.2) is 4.57 Å². The Balaban J connectivity index is 5.07. The third-order valence-corrected chi connectivity index (χ3v) is 16.6. The van der Waals surface area contributed by atoms with Crippen LogP contribution in [-0.4, -0.2) is 74.3 Å². The number of rotatable bonds is 63. The van der Waals surface area contributed by atoms with Crippen molar-refractivity contribution >= 4 is 19.7 Å². The Morgan fingerprint density at radius 2 is 0.772 bits per heavy atom. The number of likely N-dealkylation sites (N-methyl/N-ethyl adjacent to an activating group) is 1. The molecule has 0 aromatic heterocycles. The molecule has 79 heavy (non-hydrogen) atoms. The lowest BCUT2D eigenvalue weighted by atomic mass is 10.0. The average Bonchev–Trinajstić information content (AvgIpc) is 3.41. The zero-order chi connectivity index (χ0) is 57.9. The van der Waals surface area contributed by atoms with Crippen LogP contribution in [-0.2, 0) is 27.9 Å². The number of esters is 1. The Labute approximate surface area is 491 Å². The minimum Gasteiger partial charge on any atom is -0.456 e. The molecule has 1 amide bonds. The van der Waals surface area contributed by atoms with Gasteiger partial charge in [-0.1, -0.05) is 302 Å². The molecule has 0 aromatic rings. The molecule has 9 nitrogen and oxygen atoms in total. The molecule has 10 heteroatoms. The maximum Gasteiger partial charge on any atom is 0.472 e. The summed E-state index contributed by atoms with van der Waals surface area (Å²) in [6.07, 6.45) is 72.9. The Kier molecular flexibility index (Phi) is 58.1.